The third-order valence-electron chi connectivity index (χ3n) is 4.22. The molecule has 0 aliphatic rings. The maximum absolute atomic E-state index is 12.5. The largest absolute Gasteiger partial charge is 0.484 e. The first-order valence-corrected chi connectivity index (χ1v) is 10.3. The lowest BCUT2D eigenvalue weighted by Crippen LogP contribution is -2.44. The van der Waals surface area contributed by atoms with E-state index in [2.05, 4.69) is 0 Å². The van der Waals surface area contributed by atoms with Gasteiger partial charge in [-0.2, -0.15) is 0 Å². The van der Waals surface area contributed by atoms with E-state index in [1.165, 1.54) is 0 Å². The normalized spacial score (nSPS) is 15.2. The van der Waals surface area contributed by atoms with Gasteiger partial charge < -0.3 is 14.2 Å². The van der Waals surface area contributed by atoms with Gasteiger partial charge in [0.1, 0.15) is 23.6 Å². The highest BCUT2D eigenvalue weighted by atomic mass is 35.5. The lowest BCUT2D eigenvalue weighted by molar-refractivity contribution is -0.167. The Morgan fingerprint density at radius 1 is 1.07 bits per heavy atom. The van der Waals surface area contributed by atoms with Crippen LogP contribution in [0.4, 0.5) is 0 Å². The monoisotopic (exact) mass is 426 g/mol. The van der Waals surface area contributed by atoms with Crippen molar-refractivity contribution in [2.24, 2.45) is 11.3 Å². The fourth-order valence-electron chi connectivity index (χ4n) is 2.89. The molecule has 0 bridgehead atoms. The number of rotatable bonds is 7. The number of hydrogen-bond donors (Lipinski definition) is 0. The second-order valence-electron chi connectivity index (χ2n) is 9.67. The number of halogens is 1. The summed E-state index contributed by atoms with van der Waals surface area (Å²) in [5.41, 5.74) is 0.125. The molecule has 3 atom stereocenters. The Kier molecular flexibility index (Phi) is 8.58. The molecule has 0 amide bonds. The van der Waals surface area contributed by atoms with Gasteiger partial charge in [-0.3, -0.25) is 9.59 Å². The highest BCUT2D eigenvalue weighted by molar-refractivity contribution is 6.32. The van der Waals surface area contributed by atoms with Gasteiger partial charge in [-0.05, 0) is 52.3 Å². The zero-order chi connectivity index (χ0) is 22.6. The van der Waals surface area contributed by atoms with E-state index in [1.54, 1.807) is 34.6 Å². The minimum atomic E-state index is -0.615. The molecular formula is C23H35ClO5. The van der Waals surface area contributed by atoms with Gasteiger partial charge in [0.25, 0.3) is 0 Å². The Labute approximate surface area is 180 Å². The van der Waals surface area contributed by atoms with E-state index >= 15 is 0 Å². The van der Waals surface area contributed by atoms with Gasteiger partial charge in [0, 0.05) is 5.41 Å². The van der Waals surface area contributed by atoms with Crippen molar-refractivity contribution in [3.05, 3.63) is 28.8 Å². The maximum atomic E-state index is 12.5. The molecule has 5 nitrogen and oxygen atoms in total. The standard InChI is InChI=1S/C23H35ClO5/c1-14-10-11-18(17(24)12-14)28-20(22(4,5)6)16(3)27-21(26)15(2)13-19(25)29-23(7,8)9/h10-12,15-16,20H,13H2,1-9H3/t15-,16+,20+/m1/s1. The predicted molar refractivity (Wildman–Crippen MR) is 115 cm³/mol. The van der Waals surface area contributed by atoms with E-state index in [1.807, 2.05) is 45.9 Å². The van der Waals surface area contributed by atoms with Crippen molar-refractivity contribution in [3.63, 3.8) is 0 Å². The summed E-state index contributed by atoms with van der Waals surface area (Å²) in [4.78, 5) is 24.5. The Morgan fingerprint density at radius 3 is 2.14 bits per heavy atom. The third kappa shape index (κ3) is 8.65. The van der Waals surface area contributed by atoms with Gasteiger partial charge in [-0.1, -0.05) is 45.4 Å². The Bertz CT molecular complexity index is 715. The van der Waals surface area contributed by atoms with Crippen molar-refractivity contribution in [2.75, 3.05) is 0 Å². The summed E-state index contributed by atoms with van der Waals surface area (Å²) in [6, 6.07) is 5.56. The molecule has 0 aliphatic heterocycles. The maximum Gasteiger partial charge on any atom is 0.309 e. The molecular weight excluding hydrogens is 392 g/mol. The molecule has 1 rings (SSSR count). The SMILES string of the molecule is Cc1ccc(O[C@@H]([C@H](C)OC(=O)[C@H](C)CC(=O)OC(C)(C)C)C(C)(C)C)c(Cl)c1. The van der Waals surface area contributed by atoms with Crippen LogP contribution in [0.1, 0.15) is 67.4 Å². The van der Waals surface area contributed by atoms with Gasteiger partial charge in [0.15, 0.2) is 0 Å². The number of carbonyl (C=O) groups excluding carboxylic acids is 2. The van der Waals surface area contributed by atoms with Crippen LogP contribution in [-0.2, 0) is 19.1 Å². The summed E-state index contributed by atoms with van der Waals surface area (Å²) >= 11 is 6.31. The number of benzene rings is 1. The van der Waals surface area contributed by atoms with Crippen LogP contribution < -0.4 is 4.74 Å². The second-order valence-corrected chi connectivity index (χ2v) is 10.1. The molecule has 0 aromatic heterocycles. The van der Waals surface area contributed by atoms with Crippen LogP contribution in [0.2, 0.25) is 5.02 Å². The minimum Gasteiger partial charge on any atom is -0.484 e. The Hall–Kier alpha value is -1.75. The van der Waals surface area contributed by atoms with E-state index in [9.17, 15) is 9.59 Å². The van der Waals surface area contributed by atoms with Crippen LogP contribution >= 0.6 is 11.6 Å². The van der Waals surface area contributed by atoms with Crippen LogP contribution in [0.15, 0.2) is 18.2 Å². The molecule has 0 heterocycles. The molecule has 0 spiro atoms. The average Bonchev–Trinajstić information content (AvgIpc) is 2.50. The molecule has 1 aromatic carbocycles. The van der Waals surface area contributed by atoms with Gasteiger partial charge >= 0.3 is 11.9 Å². The molecule has 0 unspecified atom stereocenters. The van der Waals surface area contributed by atoms with E-state index in [4.69, 9.17) is 25.8 Å². The van der Waals surface area contributed by atoms with Crippen LogP contribution in [0.3, 0.4) is 0 Å². The van der Waals surface area contributed by atoms with Crippen molar-refractivity contribution in [1.29, 1.82) is 0 Å². The van der Waals surface area contributed by atoms with Crippen LogP contribution in [0.5, 0.6) is 5.75 Å². The molecule has 6 heteroatoms. The summed E-state index contributed by atoms with van der Waals surface area (Å²) in [7, 11) is 0. The van der Waals surface area contributed by atoms with Crippen molar-refractivity contribution in [3.8, 4) is 5.75 Å². The summed E-state index contributed by atoms with van der Waals surface area (Å²) in [5, 5.41) is 0.510. The zero-order valence-electron chi connectivity index (χ0n) is 19.1. The first-order chi connectivity index (χ1) is 13.1. The Morgan fingerprint density at radius 2 is 1.66 bits per heavy atom. The van der Waals surface area contributed by atoms with E-state index in [0.29, 0.717) is 10.8 Å². The predicted octanol–water partition coefficient (Wildman–Crippen LogP) is 5.74. The summed E-state index contributed by atoms with van der Waals surface area (Å²) in [6.45, 7) is 16.8. The van der Waals surface area contributed by atoms with Crippen molar-refractivity contribution < 1.29 is 23.8 Å². The first-order valence-electron chi connectivity index (χ1n) is 9.95. The topological polar surface area (TPSA) is 61.8 Å². The van der Waals surface area contributed by atoms with E-state index in [-0.39, 0.29) is 11.8 Å². The Balaban J connectivity index is 2.83. The number of aryl methyl sites for hydroxylation is 1. The molecule has 29 heavy (non-hydrogen) atoms. The minimum absolute atomic E-state index is 0.0341. The molecule has 0 saturated carbocycles. The van der Waals surface area contributed by atoms with E-state index in [0.717, 1.165) is 5.56 Å². The lowest BCUT2D eigenvalue weighted by Gasteiger charge is -2.35. The van der Waals surface area contributed by atoms with Crippen molar-refractivity contribution in [1.82, 2.24) is 0 Å². The molecule has 164 valence electrons. The number of esters is 2. The van der Waals surface area contributed by atoms with Crippen LogP contribution in [0, 0.1) is 18.3 Å². The average molecular weight is 427 g/mol. The van der Waals surface area contributed by atoms with E-state index < -0.39 is 35.7 Å². The van der Waals surface area contributed by atoms with Crippen LogP contribution in [-0.4, -0.2) is 29.7 Å². The number of carbonyl (C=O) groups is 2. The number of ether oxygens (including phenoxy) is 3. The fourth-order valence-corrected chi connectivity index (χ4v) is 3.17. The molecule has 0 saturated heterocycles. The van der Waals surface area contributed by atoms with Gasteiger partial charge in [-0.25, -0.2) is 0 Å². The van der Waals surface area contributed by atoms with Gasteiger partial charge in [-0.15, -0.1) is 0 Å². The smallest absolute Gasteiger partial charge is 0.309 e. The summed E-state index contributed by atoms with van der Waals surface area (Å²) < 4.78 is 17.1. The highest BCUT2D eigenvalue weighted by Crippen LogP contribution is 2.33. The summed E-state index contributed by atoms with van der Waals surface area (Å²) in [5.74, 6) is -0.960. The number of hydrogen-bond acceptors (Lipinski definition) is 5. The summed E-state index contributed by atoms with van der Waals surface area (Å²) in [6.07, 6.45) is -1.01. The molecule has 0 radical (unpaired) electrons. The molecule has 0 fully saturated rings. The van der Waals surface area contributed by atoms with Gasteiger partial charge in [0.05, 0.1) is 17.4 Å². The quantitative estimate of drug-likeness (QED) is 0.520. The second kappa shape index (κ2) is 9.84. The van der Waals surface area contributed by atoms with Gasteiger partial charge in [0.2, 0.25) is 0 Å². The third-order valence-corrected chi connectivity index (χ3v) is 4.51. The van der Waals surface area contributed by atoms with Crippen molar-refractivity contribution >= 4 is 23.5 Å². The highest BCUT2D eigenvalue weighted by Gasteiger charge is 2.36. The van der Waals surface area contributed by atoms with Crippen LogP contribution in [0.25, 0.3) is 0 Å². The molecule has 1 aromatic rings. The lowest BCUT2D eigenvalue weighted by atomic mass is 9.86. The van der Waals surface area contributed by atoms with Crippen molar-refractivity contribution in [2.45, 2.75) is 86.5 Å². The fraction of sp³-hybridized carbons (Fsp3) is 0.652. The zero-order valence-corrected chi connectivity index (χ0v) is 19.8. The molecule has 0 aliphatic carbocycles. The molecule has 0 N–H and O–H groups in total. The first kappa shape index (κ1) is 25.3.